The van der Waals surface area contributed by atoms with E-state index in [-0.39, 0.29) is 6.42 Å². The Bertz CT molecular complexity index is 738. The van der Waals surface area contributed by atoms with E-state index in [0.29, 0.717) is 11.3 Å². The van der Waals surface area contributed by atoms with Crippen LogP contribution < -0.4 is 5.32 Å². The van der Waals surface area contributed by atoms with Crippen LogP contribution in [0, 0.1) is 23.7 Å². The molecule has 98 valence electrons. The number of nitriles is 1. The summed E-state index contributed by atoms with van der Waals surface area (Å²) in [5, 5.41) is 22.7. The molecule has 0 amide bonds. The Hall–Kier alpha value is -2.98. The molecule has 2 rings (SSSR count). The first-order valence-corrected chi connectivity index (χ1v) is 6.02. The molecule has 0 heterocycles. The predicted molar refractivity (Wildman–Crippen MR) is 77.2 cm³/mol. The highest BCUT2D eigenvalue weighted by Gasteiger charge is 2.17. The Morgan fingerprint density at radius 3 is 2.60 bits per heavy atom. The van der Waals surface area contributed by atoms with Gasteiger partial charge in [0.25, 0.3) is 0 Å². The van der Waals surface area contributed by atoms with E-state index in [1.807, 2.05) is 24.3 Å². The second-order valence-electron chi connectivity index (χ2n) is 4.26. The Morgan fingerprint density at radius 1 is 1.30 bits per heavy atom. The number of carboxylic acids is 1. The van der Waals surface area contributed by atoms with Gasteiger partial charge in [0.15, 0.2) is 0 Å². The smallest absolute Gasteiger partial charge is 0.327 e. The van der Waals surface area contributed by atoms with Crippen molar-refractivity contribution in [1.82, 2.24) is 0 Å². The third-order valence-electron chi connectivity index (χ3n) is 2.99. The molecule has 1 unspecified atom stereocenters. The highest BCUT2D eigenvalue weighted by atomic mass is 16.4. The van der Waals surface area contributed by atoms with E-state index in [4.69, 9.17) is 16.8 Å². The molecule has 0 radical (unpaired) electrons. The van der Waals surface area contributed by atoms with Crippen molar-refractivity contribution in [2.45, 2.75) is 12.5 Å². The van der Waals surface area contributed by atoms with Crippen LogP contribution in [0.15, 0.2) is 36.4 Å². The summed E-state index contributed by atoms with van der Waals surface area (Å²) >= 11 is 0. The van der Waals surface area contributed by atoms with Crippen LogP contribution in [0.1, 0.15) is 12.0 Å². The number of fused-ring (bicyclic) bond motifs is 1. The molecule has 4 nitrogen and oxygen atoms in total. The maximum absolute atomic E-state index is 11.1. The number of rotatable bonds is 4. The molecule has 2 aromatic carbocycles. The minimum Gasteiger partial charge on any atom is -0.480 e. The zero-order chi connectivity index (χ0) is 14.5. The number of aliphatic carboxylic acids is 1. The second-order valence-corrected chi connectivity index (χ2v) is 4.26. The van der Waals surface area contributed by atoms with E-state index in [0.717, 1.165) is 10.8 Å². The van der Waals surface area contributed by atoms with Gasteiger partial charge in [0.2, 0.25) is 0 Å². The Labute approximate surface area is 116 Å². The van der Waals surface area contributed by atoms with Gasteiger partial charge in [0, 0.05) is 22.9 Å². The number of hydrogen-bond donors (Lipinski definition) is 2. The fourth-order valence-electron chi connectivity index (χ4n) is 2.03. The van der Waals surface area contributed by atoms with Crippen LogP contribution in [0.4, 0.5) is 5.69 Å². The molecule has 0 saturated heterocycles. The first-order chi connectivity index (χ1) is 9.67. The molecule has 0 saturated carbocycles. The van der Waals surface area contributed by atoms with E-state index in [1.54, 1.807) is 12.1 Å². The monoisotopic (exact) mass is 264 g/mol. The van der Waals surface area contributed by atoms with E-state index >= 15 is 0 Å². The van der Waals surface area contributed by atoms with E-state index in [1.165, 1.54) is 0 Å². The number of carbonyl (C=O) groups is 1. The topological polar surface area (TPSA) is 73.1 Å². The summed E-state index contributed by atoms with van der Waals surface area (Å²) in [6, 6.07) is 12.0. The van der Waals surface area contributed by atoms with Gasteiger partial charge in [0.1, 0.15) is 6.04 Å². The molecule has 2 N–H and O–H groups in total. The molecule has 0 aliphatic heterocycles. The molecule has 0 fully saturated rings. The minimum absolute atomic E-state index is 0.0870. The van der Waals surface area contributed by atoms with Crippen LogP contribution >= 0.6 is 0 Å². The summed E-state index contributed by atoms with van der Waals surface area (Å²) in [7, 11) is 0. The number of carboxylic acid groups (broad SMARTS) is 1. The van der Waals surface area contributed by atoms with Crippen LogP contribution in [0.2, 0.25) is 0 Å². The van der Waals surface area contributed by atoms with E-state index in [2.05, 4.69) is 17.3 Å². The van der Waals surface area contributed by atoms with Crippen LogP contribution in [-0.2, 0) is 4.79 Å². The van der Waals surface area contributed by atoms with Crippen LogP contribution in [0.5, 0.6) is 0 Å². The molecule has 20 heavy (non-hydrogen) atoms. The van der Waals surface area contributed by atoms with Crippen LogP contribution in [0.25, 0.3) is 10.8 Å². The van der Waals surface area contributed by atoms with Crippen molar-refractivity contribution in [2.75, 3.05) is 5.32 Å². The zero-order valence-corrected chi connectivity index (χ0v) is 10.6. The third-order valence-corrected chi connectivity index (χ3v) is 2.99. The number of terminal acetylenes is 1. The number of nitrogens with zero attached hydrogens (tertiary/aromatic N) is 1. The molecule has 0 bridgehead atoms. The van der Waals surface area contributed by atoms with Gasteiger partial charge in [-0.25, -0.2) is 4.79 Å². The van der Waals surface area contributed by atoms with Gasteiger partial charge < -0.3 is 10.4 Å². The fourth-order valence-corrected chi connectivity index (χ4v) is 2.03. The van der Waals surface area contributed by atoms with Crippen molar-refractivity contribution in [3.05, 3.63) is 42.0 Å². The number of benzene rings is 2. The fraction of sp³-hybridized carbons (Fsp3) is 0.125. The summed E-state index contributed by atoms with van der Waals surface area (Å²) in [6.45, 7) is 0. The van der Waals surface area contributed by atoms with Crippen molar-refractivity contribution in [3.8, 4) is 18.4 Å². The molecule has 0 aliphatic carbocycles. The Kier molecular flexibility index (Phi) is 3.88. The molecule has 1 atom stereocenters. The maximum atomic E-state index is 11.1. The Balaban J connectivity index is 2.49. The van der Waals surface area contributed by atoms with Gasteiger partial charge >= 0.3 is 5.97 Å². The molecule has 4 heteroatoms. The van der Waals surface area contributed by atoms with Gasteiger partial charge in [-0.15, -0.1) is 12.3 Å². The van der Waals surface area contributed by atoms with Crippen molar-refractivity contribution >= 4 is 22.4 Å². The molecule has 0 spiro atoms. The summed E-state index contributed by atoms with van der Waals surface area (Å²) in [6.07, 6.45) is 5.27. The number of nitrogens with one attached hydrogen (secondary N) is 1. The van der Waals surface area contributed by atoms with Crippen molar-refractivity contribution in [3.63, 3.8) is 0 Å². The van der Waals surface area contributed by atoms with Crippen LogP contribution in [0.3, 0.4) is 0 Å². The van der Waals surface area contributed by atoms with Gasteiger partial charge in [0.05, 0.1) is 11.6 Å². The number of hydrogen-bond acceptors (Lipinski definition) is 3. The Morgan fingerprint density at radius 2 is 2.00 bits per heavy atom. The van der Waals surface area contributed by atoms with E-state index in [9.17, 15) is 4.79 Å². The zero-order valence-electron chi connectivity index (χ0n) is 10.6. The highest BCUT2D eigenvalue weighted by molar-refractivity contribution is 5.98. The lowest BCUT2D eigenvalue weighted by atomic mass is 10.0. The average molecular weight is 264 g/mol. The van der Waals surface area contributed by atoms with Crippen molar-refractivity contribution in [2.24, 2.45) is 0 Å². The predicted octanol–water partition coefficient (Wildman–Crippen LogP) is 2.60. The van der Waals surface area contributed by atoms with Crippen LogP contribution in [-0.4, -0.2) is 17.1 Å². The SMILES string of the molecule is C#CCC(Nc1ccc(C#N)c2ccccc12)C(=O)O. The first-order valence-electron chi connectivity index (χ1n) is 6.02. The minimum atomic E-state index is -1.00. The third kappa shape index (κ3) is 2.55. The van der Waals surface area contributed by atoms with E-state index < -0.39 is 12.0 Å². The maximum Gasteiger partial charge on any atom is 0.327 e. The second kappa shape index (κ2) is 5.77. The molecule has 0 aliphatic rings. The normalized spacial score (nSPS) is 11.3. The van der Waals surface area contributed by atoms with Gasteiger partial charge in [-0.3, -0.25) is 0 Å². The van der Waals surface area contributed by atoms with Crippen molar-refractivity contribution in [1.29, 1.82) is 5.26 Å². The molecular formula is C16H12N2O2. The summed E-state index contributed by atoms with van der Waals surface area (Å²) in [5.74, 6) is 1.34. The highest BCUT2D eigenvalue weighted by Crippen LogP contribution is 2.27. The standard InChI is InChI=1S/C16H12N2O2/c1-2-5-15(16(19)20)18-14-9-8-11(10-17)12-6-3-4-7-13(12)14/h1,3-4,6-9,15,18H,5H2,(H,19,20). The molecule has 2 aromatic rings. The van der Waals surface area contributed by atoms with Crippen molar-refractivity contribution < 1.29 is 9.90 Å². The summed E-state index contributed by atoms with van der Waals surface area (Å²) < 4.78 is 0. The quantitative estimate of drug-likeness (QED) is 0.832. The lowest BCUT2D eigenvalue weighted by molar-refractivity contribution is -0.137. The molecule has 0 aromatic heterocycles. The number of anilines is 1. The van der Waals surface area contributed by atoms with Gasteiger partial charge in [-0.05, 0) is 12.1 Å². The first kappa shape index (κ1) is 13.5. The van der Waals surface area contributed by atoms with Gasteiger partial charge in [-0.2, -0.15) is 5.26 Å². The average Bonchev–Trinajstić information content (AvgIpc) is 2.46. The summed E-state index contributed by atoms with van der Waals surface area (Å²) in [5.41, 5.74) is 1.21. The molecular weight excluding hydrogens is 252 g/mol. The lowest BCUT2D eigenvalue weighted by Crippen LogP contribution is -2.28. The largest absolute Gasteiger partial charge is 0.480 e. The van der Waals surface area contributed by atoms with Gasteiger partial charge in [-0.1, -0.05) is 24.3 Å². The summed E-state index contributed by atoms with van der Waals surface area (Å²) in [4.78, 5) is 11.1. The lowest BCUT2D eigenvalue weighted by Gasteiger charge is -2.15.